The van der Waals surface area contributed by atoms with Gasteiger partial charge in [0.15, 0.2) is 11.5 Å². The summed E-state index contributed by atoms with van der Waals surface area (Å²) in [5.41, 5.74) is 0.678. The Morgan fingerprint density at radius 3 is 2.14 bits per heavy atom. The number of rotatable bonds is 5. The van der Waals surface area contributed by atoms with E-state index in [2.05, 4.69) is 15.9 Å². The molecular weight excluding hydrogens is 336 g/mol. The first kappa shape index (κ1) is 15.7. The third kappa shape index (κ3) is 3.49. The molecule has 0 aliphatic carbocycles. The Bertz CT molecular complexity index is 603. The lowest BCUT2D eigenvalue weighted by molar-refractivity contribution is 0.195. The molecule has 0 bridgehead atoms. The van der Waals surface area contributed by atoms with E-state index in [0.29, 0.717) is 28.6 Å². The smallest absolute Gasteiger partial charge is 0.211 e. The van der Waals surface area contributed by atoms with Gasteiger partial charge in [-0.05, 0) is 37.3 Å². The third-order valence-electron chi connectivity index (χ3n) is 3.02. The lowest BCUT2D eigenvalue weighted by Gasteiger charge is -2.17. The molecule has 0 aromatic heterocycles. The van der Waals surface area contributed by atoms with Crippen LogP contribution in [0.15, 0.2) is 40.9 Å². The molecule has 0 amide bonds. The van der Waals surface area contributed by atoms with Gasteiger partial charge in [0.2, 0.25) is 5.75 Å². The SMILES string of the molecule is COc1cccc(OC)c1Oc1ccc(Br)cc1C(C)O. The maximum Gasteiger partial charge on any atom is 0.211 e. The van der Waals surface area contributed by atoms with Gasteiger partial charge in [0.05, 0.1) is 20.3 Å². The molecule has 1 atom stereocenters. The number of hydrogen-bond donors (Lipinski definition) is 1. The van der Waals surface area contributed by atoms with Gasteiger partial charge in [-0.25, -0.2) is 0 Å². The highest BCUT2D eigenvalue weighted by atomic mass is 79.9. The molecule has 21 heavy (non-hydrogen) atoms. The second-order valence-corrected chi connectivity index (χ2v) is 5.37. The van der Waals surface area contributed by atoms with Crippen LogP contribution >= 0.6 is 15.9 Å². The molecule has 0 spiro atoms. The van der Waals surface area contributed by atoms with Crippen molar-refractivity contribution in [1.82, 2.24) is 0 Å². The Kier molecular flexibility index (Phi) is 5.09. The zero-order chi connectivity index (χ0) is 15.4. The van der Waals surface area contributed by atoms with Gasteiger partial charge in [0.25, 0.3) is 0 Å². The van der Waals surface area contributed by atoms with Crippen LogP contribution < -0.4 is 14.2 Å². The highest BCUT2D eigenvalue weighted by Gasteiger charge is 2.16. The molecule has 1 N–H and O–H groups in total. The van der Waals surface area contributed by atoms with Crippen molar-refractivity contribution in [2.45, 2.75) is 13.0 Å². The minimum atomic E-state index is -0.654. The van der Waals surface area contributed by atoms with E-state index >= 15 is 0 Å². The predicted octanol–water partition coefficient (Wildman–Crippen LogP) is 4.31. The van der Waals surface area contributed by atoms with E-state index in [1.807, 2.05) is 18.2 Å². The van der Waals surface area contributed by atoms with Gasteiger partial charge in [-0.15, -0.1) is 0 Å². The monoisotopic (exact) mass is 352 g/mol. The molecule has 0 saturated heterocycles. The molecule has 2 aromatic rings. The van der Waals surface area contributed by atoms with Crippen LogP contribution in [0.2, 0.25) is 0 Å². The van der Waals surface area contributed by atoms with Crippen LogP contribution in [-0.2, 0) is 0 Å². The summed E-state index contributed by atoms with van der Waals surface area (Å²) in [6.07, 6.45) is -0.654. The molecule has 0 aliphatic heterocycles. The van der Waals surface area contributed by atoms with Crippen LogP contribution in [-0.4, -0.2) is 19.3 Å². The number of hydrogen-bond acceptors (Lipinski definition) is 4. The Balaban J connectivity index is 2.47. The molecule has 1 unspecified atom stereocenters. The zero-order valence-corrected chi connectivity index (χ0v) is 13.7. The second-order valence-electron chi connectivity index (χ2n) is 4.45. The van der Waals surface area contributed by atoms with E-state index in [9.17, 15) is 5.11 Å². The molecule has 0 radical (unpaired) electrons. The number of methoxy groups -OCH3 is 2. The maximum absolute atomic E-state index is 9.90. The van der Waals surface area contributed by atoms with Crippen LogP contribution in [0.1, 0.15) is 18.6 Å². The van der Waals surface area contributed by atoms with Crippen molar-refractivity contribution < 1.29 is 19.3 Å². The number of aliphatic hydroxyl groups is 1. The van der Waals surface area contributed by atoms with Crippen LogP contribution in [0.3, 0.4) is 0 Å². The van der Waals surface area contributed by atoms with Gasteiger partial charge < -0.3 is 19.3 Å². The molecule has 0 aliphatic rings. The summed E-state index contributed by atoms with van der Waals surface area (Å²) >= 11 is 3.39. The molecule has 0 saturated carbocycles. The van der Waals surface area contributed by atoms with E-state index in [-0.39, 0.29) is 0 Å². The number of aliphatic hydroxyl groups excluding tert-OH is 1. The standard InChI is InChI=1S/C16H17BrO4/c1-10(18)12-9-11(17)7-8-13(12)21-16-14(19-2)5-4-6-15(16)20-3/h4-10,18H,1-3H3. The quantitative estimate of drug-likeness (QED) is 0.870. The van der Waals surface area contributed by atoms with E-state index in [4.69, 9.17) is 14.2 Å². The van der Waals surface area contributed by atoms with Crippen LogP contribution in [0.4, 0.5) is 0 Å². The number of benzene rings is 2. The highest BCUT2D eigenvalue weighted by molar-refractivity contribution is 9.10. The summed E-state index contributed by atoms with van der Waals surface area (Å²) in [5.74, 6) is 2.16. The number of para-hydroxylation sites is 1. The lowest BCUT2D eigenvalue weighted by atomic mass is 10.1. The number of ether oxygens (including phenoxy) is 3. The summed E-state index contributed by atoms with van der Waals surface area (Å²) in [6, 6.07) is 10.9. The van der Waals surface area contributed by atoms with Gasteiger partial charge in [-0.2, -0.15) is 0 Å². The molecule has 0 heterocycles. The van der Waals surface area contributed by atoms with E-state index in [1.54, 1.807) is 39.3 Å². The Labute approximate surface area is 132 Å². The maximum atomic E-state index is 9.90. The number of halogens is 1. The van der Waals surface area contributed by atoms with Crippen molar-refractivity contribution in [2.24, 2.45) is 0 Å². The van der Waals surface area contributed by atoms with Crippen molar-refractivity contribution in [3.63, 3.8) is 0 Å². The average molecular weight is 353 g/mol. The van der Waals surface area contributed by atoms with E-state index < -0.39 is 6.10 Å². The second kappa shape index (κ2) is 6.83. The van der Waals surface area contributed by atoms with Crippen molar-refractivity contribution in [2.75, 3.05) is 14.2 Å². The highest BCUT2D eigenvalue weighted by Crippen LogP contribution is 2.42. The summed E-state index contributed by atoms with van der Waals surface area (Å²) in [6.45, 7) is 1.69. The normalized spacial score (nSPS) is 11.9. The summed E-state index contributed by atoms with van der Waals surface area (Å²) in [7, 11) is 3.14. The molecule has 4 nitrogen and oxygen atoms in total. The summed E-state index contributed by atoms with van der Waals surface area (Å²) in [4.78, 5) is 0. The van der Waals surface area contributed by atoms with Gasteiger partial charge in [-0.1, -0.05) is 22.0 Å². The third-order valence-corrected chi connectivity index (χ3v) is 3.51. The zero-order valence-electron chi connectivity index (χ0n) is 12.1. The molecule has 5 heteroatoms. The fourth-order valence-electron chi connectivity index (χ4n) is 1.97. The molecular formula is C16H17BrO4. The largest absolute Gasteiger partial charge is 0.493 e. The van der Waals surface area contributed by atoms with Crippen molar-refractivity contribution in [3.8, 4) is 23.0 Å². The van der Waals surface area contributed by atoms with Gasteiger partial charge in [-0.3, -0.25) is 0 Å². The average Bonchev–Trinajstić information content (AvgIpc) is 2.48. The van der Waals surface area contributed by atoms with Crippen LogP contribution in [0.25, 0.3) is 0 Å². The van der Waals surface area contributed by atoms with E-state index in [0.717, 1.165) is 4.47 Å². The van der Waals surface area contributed by atoms with Crippen LogP contribution in [0.5, 0.6) is 23.0 Å². The minimum absolute atomic E-state index is 0.478. The van der Waals surface area contributed by atoms with Crippen molar-refractivity contribution >= 4 is 15.9 Å². The fraction of sp³-hybridized carbons (Fsp3) is 0.250. The first-order valence-electron chi connectivity index (χ1n) is 6.43. The molecule has 112 valence electrons. The Hall–Kier alpha value is -1.72. The fourth-order valence-corrected chi connectivity index (χ4v) is 2.35. The first-order chi connectivity index (χ1) is 10.1. The van der Waals surface area contributed by atoms with Gasteiger partial charge in [0, 0.05) is 10.0 Å². The van der Waals surface area contributed by atoms with Crippen molar-refractivity contribution in [1.29, 1.82) is 0 Å². The molecule has 2 rings (SSSR count). The topological polar surface area (TPSA) is 47.9 Å². The summed E-state index contributed by atoms with van der Waals surface area (Å²) < 4.78 is 17.4. The molecule has 0 fully saturated rings. The van der Waals surface area contributed by atoms with Crippen molar-refractivity contribution in [3.05, 3.63) is 46.4 Å². The summed E-state index contributed by atoms with van der Waals surface area (Å²) in [5, 5.41) is 9.90. The minimum Gasteiger partial charge on any atom is -0.493 e. The Morgan fingerprint density at radius 1 is 1.00 bits per heavy atom. The molecule has 2 aromatic carbocycles. The van der Waals surface area contributed by atoms with Gasteiger partial charge in [0.1, 0.15) is 5.75 Å². The lowest BCUT2D eigenvalue weighted by Crippen LogP contribution is -1.99. The first-order valence-corrected chi connectivity index (χ1v) is 7.22. The van der Waals surface area contributed by atoms with Gasteiger partial charge >= 0.3 is 0 Å². The van der Waals surface area contributed by atoms with Crippen LogP contribution in [0, 0.1) is 0 Å². The predicted molar refractivity (Wildman–Crippen MR) is 84.4 cm³/mol. The van der Waals surface area contributed by atoms with E-state index in [1.165, 1.54) is 0 Å². The Morgan fingerprint density at radius 2 is 1.62 bits per heavy atom.